The fourth-order valence-corrected chi connectivity index (χ4v) is 7.95. The van der Waals surface area contributed by atoms with Crippen LogP contribution < -0.4 is 5.32 Å². The zero-order valence-electron chi connectivity index (χ0n) is 28.2. The van der Waals surface area contributed by atoms with Crippen molar-refractivity contribution in [2.75, 3.05) is 0 Å². The number of hydrogen-bond donors (Lipinski definition) is 1. The summed E-state index contributed by atoms with van der Waals surface area (Å²) in [6.07, 6.45) is 5.38. The lowest BCUT2D eigenvalue weighted by molar-refractivity contribution is 0.674. The molecular weight excluding hydrogens is 623 g/mol. The molecule has 51 heavy (non-hydrogen) atoms. The van der Waals surface area contributed by atoms with E-state index in [0.717, 1.165) is 51.4 Å². The second-order valence-electron chi connectivity index (χ2n) is 13.6. The Morgan fingerprint density at radius 2 is 1.16 bits per heavy atom. The summed E-state index contributed by atoms with van der Waals surface area (Å²) < 4.78 is 4.83. The van der Waals surface area contributed by atoms with Gasteiger partial charge in [0.15, 0.2) is 5.84 Å². The van der Waals surface area contributed by atoms with E-state index in [1.165, 1.54) is 32.9 Å². The van der Waals surface area contributed by atoms with Crippen molar-refractivity contribution in [1.29, 1.82) is 0 Å². The predicted octanol–water partition coefficient (Wildman–Crippen LogP) is 10.4. The molecule has 1 N–H and O–H groups in total. The van der Waals surface area contributed by atoms with Gasteiger partial charge in [0.1, 0.15) is 12.0 Å². The van der Waals surface area contributed by atoms with Gasteiger partial charge >= 0.3 is 0 Å². The quantitative estimate of drug-likeness (QED) is 0.197. The van der Waals surface area contributed by atoms with Crippen LogP contribution in [0.2, 0.25) is 0 Å². The monoisotopic (exact) mass is 657 g/mol. The van der Waals surface area contributed by atoms with E-state index in [2.05, 4.69) is 173 Å². The average molecular weight is 658 g/mol. The van der Waals surface area contributed by atoms with Gasteiger partial charge in [-0.1, -0.05) is 128 Å². The van der Waals surface area contributed by atoms with Gasteiger partial charge in [0.05, 0.1) is 16.6 Å². The van der Waals surface area contributed by atoms with Crippen LogP contribution in [0.1, 0.15) is 41.0 Å². The van der Waals surface area contributed by atoms with Gasteiger partial charge in [-0.25, -0.2) is 9.98 Å². The predicted molar refractivity (Wildman–Crippen MR) is 211 cm³/mol. The van der Waals surface area contributed by atoms with Gasteiger partial charge in [0, 0.05) is 44.4 Å². The zero-order valence-corrected chi connectivity index (χ0v) is 28.2. The first kappa shape index (κ1) is 29.5. The fraction of sp³-hybridized carbons (Fsp3) is 0.0870. The molecule has 1 aliphatic carbocycles. The third kappa shape index (κ3) is 4.92. The lowest BCUT2D eigenvalue weighted by atomic mass is 9.93. The van der Waals surface area contributed by atoms with Crippen molar-refractivity contribution in [3.63, 3.8) is 0 Å². The maximum Gasteiger partial charge on any atom is 0.159 e. The summed E-state index contributed by atoms with van der Waals surface area (Å²) in [4.78, 5) is 10.6. The van der Waals surface area contributed by atoms with Crippen LogP contribution in [-0.2, 0) is 6.42 Å². The number of aliphatic imine (C=N–C) groups is 2. The van der Waals surface area contributed by atoms with Crippen molar-refractivity contribution in [2.45, 2.75) is 19.5 Å². The second kappa shape index (κ2) is 11.9. The van der Waals surface area contributed by atoms with Gasteiger partial charge in [-0.05, 0) is 65.9 Å². The number of fused-ring (bicyclic) bond motifs is 6. The van der Waals surface area contributed by atoms with Crippen LogP contribution in [0.5, 0.6) is 0 Å². The molecule has 1 aliphatic heterocycles. The van der Waals surface area contributed by atoms with Gasteiger partial charge in [-0.3, -0.25) is 0 Å². The number of nitrogens with zero attached hydrogens (tertiary/aromatic N) is 4. The molecule has 3 heterocycles. The van der Waals surface area contributed by atoms with Crippen LogP contribution in [0.4, 0.5) is 0 Å². The van der Waals surface area contributed by atoms with Crippen LogP contribution >= 0.6 is 0 Å². The molecular formula is C46H35N5. The molecule has 2 aromatic heterocycles. The fourth-order valence-electron chi connectivity index (χ4n) is 7.95. The molecule has 10 rings (SSSR count). The molecule has 0 saturated carbocycles. The summed E-state index contributed by atoms with van der Waals surface area (Å²) in [5.74, 6) is 1.99. The first-order chi connectivity index (χ1) is 25.2. The molecule has 0 bridgehead atoms. The molecule has 5 heteroatoms. The van der Waals surface area contributed by atoms with Crippen LogP contribution in [0.15, 0.2) is 168 Å². The Morgan fingerprint density at radius 3 is 1.84 bits per heavy atom. The van der Waals surface area contributed by atoms with Gasteiger partial charge in [-0.15, -0.1) is 0 Å². The lowest BCUT2D eigenvalue weighted by Gasteiger charge is -2.24. The van der Waals surface area contributed by atoms with E-state index in [1.807, 2.05) is 12.1 Å². The largest absolute Gasteiger partial charge is 0.344 e. The summed E-state index contributed by atoms with van der Waals surface area (Å²) in [7, 11) is 0. The minimum Gasteiger partial charge on any atom is -0.344 e. The third-order valence-corrected chi connectivity index (χ3v) is 10.3. The number of amidine groups is 2. The van der Waals surface area contributed by atoms with Crippen molar-refractivity contribution in [2.24, 2.45) is 15.9 Å². The molecule has 2 unspecified atom stereocenters. The Labute approximate surface area is 296 Å². The molecule has 5 nitrogen and oxygen atoms in total. The summed E-state index contributed by atoms with van der Waals surface area (Å²) >= 11 is 0. The number of allylic oxidation sites excluding steroid dienone is 1. The molecule has 2 atom stereocenters. The summed E-state index contributed by atoms with van der Waals surface area (Å²) in [5, 5.41) is 7.40. The van der Waals surface area contributed by atoms with Crippen molar-refractivity contribution in [1.82, 2.24) is 14.5 Å². The molecule has 244 valence electrons. The maximum atomic E-state index is 5.31. The topological polar surface area (TPSA) is 46.6 Å². The third-order valence-electron chi connectivity index (χ3n) is 10.3. The number of rotatable bonds is 5. The van der Waals surface area contributed by atoms with E-state index in [4.69, 9.17) is 9.98 Å². The number of hydrogen-bond acceptors (Lipinski definition) is 3. The summed E-state index contributed by atoms with van der Waals surface area (Å²) in [6.45, 7) is 2.30. The highest BCUT2D eigenvalue weighted by molar-refractivity contribution is 6.14. The lowest BCUT2D eigenvalue weighted by Crippen LogP contribution is -2.33. The van der Waals surface area contributed by atoms with Gasteiger partial charge < -0.3 is 14.5 Å². The van der Waals surface area contributed by atoms with Crippen molar-refractivity contribution < 1.29 is 0 Å². The Bertz CT molecular complexity index is 2660. The van der Waals surface area contributed by atoms with Crippen LogP contribution in [0.25, 0.3) is 50.2 Å². The van der Waals surface area contributed by atoms with Gasteiger partial charge in [0.2, 0.25) is 0 Å². The van der Waals surface area contributed by atoms with Gasteiger partial charge in [0.25, 0.3) is 0 Å². The Kier molecular flexibility index (Phi) is 6.84. The first-order valence-electron chi connectivity index (χ1n) is 17.7. The van der Waals surface area contributed by atoms with E-state index in [1.54, 1.807) is 0 Å². The standard InChI is InChI=1S/C46H35N5/c1-30-24-25-43-39(26-30)38-20-10-13-23-42(38)51(43)35-28-33(27-34(29-35)50-40-21-11-8-18-36(40)37-19-9-12-22-41(37)50)46-48-44(31-14-4-2-5-15-31)47-45(49-46)32-16-6-3-7-17-32/h2-25,27-30,44H,26H2,1H3,(H,47,48,49). The summed E-state index contributed by atoms with van der Waals surface area (Å²) in [6, 6.07) is 53.8. The first-order valence-corrected chi connectivity index (χ1v) is 17.7. The molecule has 8 aromatic rings. The molecule has 6 aromatic carbocycles. The van der Waals surface area contributed by atoms with E-state index >= 15 is 0 Å². The highest BCUT2D eigenvalue weighted by Gasteiger charge is 2.25. The minimum atomic E-state index is -0.293. The second-order valence-corrected chi connectivity index (χ2v) is 13.6. The molecule has 2 aliphatic rings. The van der Waals surface area contributed by atoms with Crippen molar-refractivity contribution in [3.8, 4) is 11.4 Å². The highest BCUT2D eigenvalue weighted by Crippen LogP contribution is 2.38. The van der Waals surface area contributed by atoms with Gasteiger partial charge in [-0.2, -0.15) is 0 Å². The minimum absolute atomic E-state index is 0.293. The van der Waals surface area contributed by atoms with Crippen molar-refractivity contribution in [3.05, 3.63) is 186 Å². The normalized spacial score (nSPS) is 17.0. The molecule has 0 saturated heterocycles. The smallest absolute Gasteiger partial charge is 0.159 e. The zero-order chi connectivity index (χ0) is 33.9. The Morgan fingerprint density at radius 1 is 0.588 bits per heavy atom. The van der Waals surface area contributed by atoms with Crippen LogP contribution in [0, 0.1) is 5.92 Å². The van der Waals surface area contributed by atoms with E-state index in [0.29, 0.717) is 11.8 Å². The molecule has 0 amide bonds. The Balaban J connectivity index is 1.27. The Hall–Kier alpha value is -6.46. The maximum absolute atomic E-state index is 5.31. The number of nitrogens with one attached hydrogen (secondary N) is 1. The average Bonchev–Trinajstić information content (AvgIpc) is 3.71. The SMILES string of the molecule is CC1C=Cc2c(c3ccccc3n2-c2cc(C3=NC(c4ccccc4)NC(c4ccccc4)=N3)cc(-n3c4ccccc4c4ccccc43)c2)C1. The summed E-state index contributed by atoms with van der Waals surface area (Å²) in [5.41, 5.74) is 11.4. The van der Waals surface area contributed by atoms with E-state index in [9.17, 15) is 0 Å². The van der Waals surface area contributed by atoms with Crippen LogP contribution in [0.3, 0.4) is 0 Å². The van der Waals surface area contributed by atoms with Crippen molar-refractivity contribution >= 4 is 50.5 Å². The number of para-hydroxylation sites is 3. The van der Waals surface area contributed by atoms with E-state index < -0.39 is 0 Å². The van der Waals surface area contributed by atoms with Crippen LogP contribution in [-0.4, -0.2) is 20.8 Å². The highest BCUT2D eigenvalue weighted by atomic mass is 15.2. The molecule has 0 spiro atoms. The number of aromatic nitrogens is 2. The molecule has 0 radical (unpaired) electrons. The number of benzene rings is 6. The molecule has 0 fully saturated rings. The van der Waals surface area contributed by atoms with E-state index in [-0.39, 0.29) is 6.17 Å².